The molecule has 0 fully saturated rings. The summed E-state index contributed by atoms with van der Waals surface area (Å²) >= 11 is 3.40. The third-order valence-corrected chi connectivity index (χ3v) is 2.83. The first-order valence-electron chi connectivity index (χ1n) is 5.94. The molecule has 5 nitrogen and oxygen atoms in total. The van der Waals surface area contributed by atoms with Crippen LogP contribution in [0.4, 0.5) is 5.82 Å². The van der Waals surface area contributed by atoms with Gasteiger partial charge in [-0.15, -0.1) is 0 Å². The van der Waals surface area contributed by atoms with E-state index in [1.54, 1.807) is 19.5 Å². The maximum Gasteiger partial charge on any atom is 0.163 e. The number of aromatic nitrogens is 3. The van der Waals surface area contributed by atoms with Crippen molar-refractivity contribution in [3.05, 3.63) is 34.7 Å². The van der Waals surface area contributed by atoms with E-state index in [0.717, 1.165) is 28.1 Å². The Hall–Kier alpha value is -1.53. The van der Waals surface area contributed by atoms with Crippen LogP contribution in [-0.2, 0) is 11.3 Å². The van der Waals surface area contributed by atoms with Crippen LogP contribution in [0.15, 0.2) is 29.0 Å². The zero-order chi connectivity index (χ0) is 13.7. The van der Waals surface area contributed by atoms with Crippen LogP contribution >= 0.6 is 15.9 Å². The molecule has 1 N–H and O–H groups in total. The maximum atomic E-state index is 5.13. The lowest BCUT2D eigenvalue weighted by molar-refractivity contribution is 0.181. The highest BCUT2D eigenvalue weighted by Crippen LogP contribution is 2.20. The van der Waals surface area contributed by atoms with Crippen LogP contribution in [-0.4, -0.2) is 28.6 Å². The van der Waals surface area contributed by atoms with Gasteiger partial charge in [0, 0.05) is 42.2 Å². The Bertz CT molecular complexity index is 538. The lowest BCUT2D eigenvalue weighted by Gasteiger charge is -2.08. The smallest absolute Gasteiger partial charge is 0.163 e. The number of rotatable bonds is 5. The van der Waals surface area contributed by atoms with Crippen LogP contribution in [0.3, 0.4) is 0 Å². The second-order valence-corrected chi connectivity index (χ2v) is 4.84. The van der Waals surface area contributed by atoms with Gasteiger partial charge in [-0.25, -0.2) is 9.97 Å². The van der Waals surface area contributed by atoms with Crippen molar-refractivity contribution in [2.45, 2.75) is 13.5 Å². The van der Waals surface area contributed by atoms with E-state index in [9.17, 15) is 0 Å². The highest BCUT2D eigenvalue weighted by Gasteiger charge is 2.07. The first kappa shape index (κ1) is 13.9. The number of hydrogen-bond acceptors (Lipinski definition) is 5. The Morgan fingerprint density at radius 3 is 2.79 bits per heavy atom. The third-order valence-electron chi connectivity index (χ3n) is 2.39. The molecule has 0 aliphatic rings. The van der Waals surface area contributed by atoms with Gasteiger partial charge in [0.25, 0.3) is 0 Å². The van der Waals surface area contributed by atoms with Gasteiger partial charge in [0.05, 0.1) is 12.3 Å². The monoisotopic (exact) mass is 322 g/mol. The van der Waals surface area contributed by atoms with E-state index in [4.69, 9.17) is 4.74 Å². The van der Waals surface area contributed by atoms with E-state index >= 15 is 0 Å². The molecule has 0 atom stereocenters. The summed E-state index contributed by atoms with van der Waals surface area (Å²) in [5.41, 5.74) is 1.70. The number of halogens is 1. The third kappa shape index (κ3) is 3.71. The molecule has 0 saturated heterocycles. The summed E-state index contributed by atoms with van der Waals surface area (Å²) in [6, 6.07) is 3.83. The van der Waals surface area contributed by atoms with Crippen LogP contribution in [0.25, 0.3) is 11.4 Å². The Kier molecular flexibility index (Phi) is 4.81. The molecule has 0 spiro atoms. The molecule has 2 aromatic rings. The van der Waals surface area contributed by atoms with Gasteiger partial charge in [-0.3, -0.25) is 4.98 Å². The topological polar surface area (TPSA) is 59.9 Å². The van der Waals surface area contributed by atoms with Crippen molar-refractivity contribution < 1.29 is 4.74 Å². The molecule has 0 aromatic carbocycles. The molecular weight excluding hydrogens is 308 g/mol. The maximum absolute atomic E-state index is 5.13. The molecule has 0 aliphatic carbocycles. The summed E-state index contributed by atoms with van der Waals surface area (Å²) in [7, 11) is 1.65. The van der Waals surface area contributed by atoms with Crippen molar-refractivity contribution in [3.63, 3.8) is 0 Å². The van der Waals surface area contributed by atoms with Crippen molar-refractivity contribution in [1.82, 2.24) is 15.0 Å². The molecule has 100 valence electrons. The first-order valence-corrected chi connectivity index (χ1v) is 6.74. The summed E-state index contributed by atoms with van der Waals surface area (Å²) in [6.45, 7) is 3.29. The predicted molar refractivity (Wildman–Crippen MR) is 77.8 cm³/mol. The summed E-state index contributed by atoms with van der Waals surface area (Å²) in [4.78, 5) is 13.1. The van der Waals surface area contributed by atoms with Gasteiger partial charge in [0.1, 0.15) is 5.82 Å². The van der Waals surface area contributed by atoms with Crippen molar-refractivity contribution in [1.29, 1.82) is 0 Å². The minimum Gasteiger partial charge on any atom is -0.378 e. The van der Waals surface area contributed by atoms with E-state index in [-0.39, 0.29) is 0 Å². The number of nitrogens with zero attached hydrogens (tertiary/aromatic N) is 3. The first-order chi connectivity index (χ1) is 9.22. The molecule has 6 heteroatoms. The van der Waals surface area contributed by atoms with Gasteiger partial charge in [-0.05, 0) is 28.9 Å². The van der Waals surface area contributed by atoms with Crippen LogP contribution in [0.2, 0.25) is 0 Å². The fraction of sp³-hybridized carbons (Fsp3) is 0.308. The standard InChI is InChI=1S/C13H15BrN4O/c1-3-16-12-5-11(8-19-2)17-13(18-12)9-4-10(14)7-15-6-9/h4-7H,3,8H2,1-2H3,(H,16,17,18). The minimum atomic E-state index is 0.454. The Morgan fingerprint density at radius 1 is 1.26 bits per heavy atom. The molecule has 0 unspecified atom stereocenters. The molecule has 0 bridgehead atoms. The lowest BCUT2D eigenvalue weighted by Crippen LogP contribution is -2.04. The number of ether oxygens (including phenoxy) is 1. The van der Waals surface area contributed by atoms with E-state index in [0.29, 0.717) is 12.4 Å². The van der Waals surface area contributed by atoms with E-state index in [1.807, 2.05) is 19.1 Å². The molecule has 0 aliphatic heterocycles. The molecule has 2 heterocycles. The van der Waals surface area contributed by atoms with Crippen LogP contribution in [0.5, 0.6) is 0 Å². The van der Waals surface area contributed by atoms with Gasteiger partial charge in [0.2, 0.25) is 0 Å². The van der Waals surface area contributed by atoms with E-state index in [1.165, 1.54) is 0 Å². The summed E-state index contributed by atoms with van der Waals surface area (Å²) in [6.07, 6.45) is 3.47. The number of nitrogens with one attached hydrogen (secondary N) is 1. The van der Waals surface area contributed by atoms with Crippen LogP contribution in [0.1, 0.15) is 12.6 Å². The van der Waals surface area contributed by atoms with Crippen molar-refractivity contribution in [3.8, 4) is 11.4 Å². The second kappa shape index (κ2) is 6.58. The highest BCUT2D eigenvalue weighted by atomic mass is 79.9. The average Bonchev–Trinajstić information content (AvgIpc) is 2.39. The van der Waals surface area contributed by atoms with Gasteiger partial charge >= 0.3 is 0 Å². The zero-order valence-corrected chi connectivity index (χ0v) is 12.4. The molecule has 0 saturated carbocycles. The van der Waals surface area contributed by atoms with E-state index < -0.39 is 0 Å². The summed E-state index contributed by atoms with van der Waals surface area (Å²) in [5, 5.41) is 3.19. The molecule has 0 radical (unpaired) electrons. The fourth-order valence-corrected chi connectivity index (χ4v) is 2.02. The number of pyridine rings is 1. The molecule has 2 aromatic heterocycles. The van der Waals surface area contributed by atoms with Gasteiger partial charge in [-0.2, -0.15) is 0 Å². The van der Waals surface area contributed by atoms with Gasteiger partial charge in [0.15, 0.2) is 5.82 Å². The van der Waals surface area contributed by atoms with Crippen LogP contribution < -0.4 is 5.32 Å². The van der Waals surface area contributed by atoms with Crippen molar-refractivity contribution >= 4 is 21.7 Å². The second-order valence-electron chi connectivity index (χ2n) is 3.92. The fourth-order valence-electron chi connectivity index (χ4n) is 1.65. The normalized spacial score (nSPS) is 10.5. The Balaban J connectivity index is 2.43. The molecule has 19 heavy (non-hydrogen) atoms. The predicted octanol–water partition coefficient (Wildman–Crippen LogP) is 2.88. The zero-order valence-electron chi connectivity index (χ0n) is 10.9. The van der Waals surface area contributed by atoms with Crippen LogP contribution in [0, 0.1) is 0 Å². The molecule has 2 rings (SSSR count). The van der Waals surface area contributed by atoms with E-state index in [2.05, 4.69) is 36.2 Å². The Labute approximate surface area is 120 Å². The number of methoxy groups -OCH3 is 1. The van der Waals surface area contributed by atoms with Crippen molar-refractivity contribution in [2.75, 3.05) is 19.0 Å². The number of anilines is 1. The lowest BCUT2D eigenvalue weighted by atomic mass is 10.2. The minimum absolute atomic E-state index is 0.454. The Morgan fingerprint density at radius 2 is 2.11 bits per heavy atom. The number of hydrogen-bond donors (Lipinski definition) is 1. The molecule has 0 amide bonds. The quantitative estimate of drug-likeness (QED) is 0.917. The van der Waals surface area contributed by atoms with Crippen molar-refractivity contribution in [2.24, 2.45) is 0 Å². The van der Waals surface area contributed by atoms with Gasteiger partial charge < -0.3 is 10.1 Å². The average molecular weight is 323 g/mol. The SMILES string of the molecule is CCNc1cc(COC)nc(-c2cncc(Br)c2)n1. The molecular formula is C13H15BrN4O. The largest absolute Gasteiger partial charge is 0.378 e. The van der Waals surface area contributed by atoms with Gasteiger partial charge in [-0.1, -0.05) is 0 Å². The summed E-state index contributed by atoms with van der Waals surface area (Å²) in [5.74, 6) is 1.43. The summed E-state index contributed by atoms with van der Waals surface area (Å²) < 4.78 is 6.03. The highest BCUT2D eigenvalue weighted by molar-refractivity contribution is 9.10.